The van der Waals surface area contributed by atoms with Crippen LogP contribution in [0, 0.1) is 5.82 Å². The van der Waals surface area contributed by atoms with Crippen molar-refractivity contribution < 1.29 is 9.18 Å². The molecule has 0 N–H and O–H groups in total. The number of rotatable bonds is 4. The molecule has 0 bridgehead atoms. The van der Waals surface area contributed by atoms with Gasteiger partial charge in [0, 0.05) is 24.9 Å². The number of nitrogens with zero attached hydrogens (tertiary/aromatic N) is 1. The van der Waals surface area contributed by atoms with Gasteiger partial charge in [0.1, 0.15) is 5.82 Å². The zero-order valence-corrected chi connectivity index (χ0v) is 11.3. The highest BCUT2D eigenvalue weighted by atomic mass is 19.1. The maximum atomic E-state index is 12.9. The van der Waals surface area contributed by atoms with E-state index in [2.05, 4.69) is 13.5 Å². The SMILES string of the molecule is C=CCCC(=O)N1C[C@H](c2ccc(F)cc2)C[C@H]1C. The maximum Gasteiger partial charge on any atom is 0.223 e. The van der Waals surface area contributed by atoms with E-state index in [-0.39, 0.29) is 17.8 Å². The second kappa shape index (κ2) is 6.00. The summed E-state index contributed by atoms with van der Waals surface area (Å²) in [4.78, 5) is 14.0. The molecule has 0 unspecified atom stereocenters. The molecule has 2 atom stereocenters. The van der Waals surface area contributed by atoms with E-state index in [1.54, 1.807) is 6.08 Å². The van der Waals surface area contributed by atoms with Crippen molar-refractivity contribution in [2.24, 2.45) is 0 Å². The lowest BCUT2D eigenvalue weighted by Crippen LogP contribution is -2.33. The van der Waals surface area contributed by atoms with Crippen molar-refractivity contribution in [2.45, 2.75) is 38.1 Å². The first-order valence-electron chi connectivity index (χ1n) is 6.77. The molecular formula is C16H20FNO. The van der Waals surface area contributed by atoms with Crippen LogP contribution in [0.2, 0.25) is 0 Å². The Hall–Kier alpha value is -1.64. The Kier molecular flexibility index (Phi) is 4.35. The number of likely N-dealkylation sites (tertiary alicyclic amines) is 1. The number of carbonyl (C=O) groups is 1. The third kappa shape index (κ3) is 3.22. The molecule has 1 aliphatic rings. The average Bonchev–Trinajstić information content (AvgIpc) is 2.79. The van der Waals surface area contributed by atoms with Crippen LogP contribution in [0.5, 0.6) is 0 Å². The Morgan fingerprint density at radius 1 is 1.47 bits per heavy atom. The summed E-state index contributed by atoms with van der Waals surface area (Å²) >= 11 is 0. The van der Waals surface area contributed by atoms with E-state index in [9.17, 15) is 9.18 Å². The van der Waals surface area contributed by atoms with Gasteiger partial charge in [-0.3, -0.25) is 4.79 Å². The maximum absolute atomic E-state index is 12.9. The van der Waals surface area contributed by atoms with Crippen LogP contribution in [-0.4, -0.2) is 23.4 Å². The second-order valence-electron chi connectivity index (χ2n) is 5.21. The molecule has 1 saturated heterocycles. The molecular weight excluding hydrogens is 241 g/mol. The Balaban J connectivity index is 2.02. The molecule has 2 rings (SSSR count). The molecule has 1 aromatic rings. The van der Waals surface area contributed by atoms with E-state index in [0.717, 1.165) is 24.9 Å². The van der Waals surface area contributed by atoms with Gasteiger partial charge in [0.2, 0.25) is 5.91 Å². The Labute approximate surface area is 113 Å². The summed E-state index contributed by atoms with van der Waals surface area (Å²) in [6.07, 6.45) is 3.98. The monoisotopic (exact) mass is 261 g/mol. The fourth-order valence-corrected chi connectivity index (χ4v) is 2.72. The summed E-state index contributed by atoms with van der Waals surface area (Å²) in [5.41, 5.74) is 1.12. The van der Waals surface area contributed by atoms with Gasteiger partial charge >= 0.3 is 0 Å². The van der Waals surface area contributed by atoms with E-state index >= 15 is 0 Å². The Morgan fingerprint density at radius 3 is 2.79 bits per heavy atom. The van der Waals surface area contributed by atoms with Gasteiger partial charge in [0.25, 0.3) is 0 Å². The van der Waals surface area contributed by atoms with Crippen molar-refractivity contribution in [3.8, 4) is 0 Å². The highest BCUT2D eigenvalue weighted by Crippen LogP contribution is 2.32. The van der Waals surface area contributed by atoms with Gasteiger partial charge in [-0.1, -0.05) is 18.2 Å². The van der Waals surface area contributed by atoms with Crippen molar-refractivity contribution in [3.63, 3.8) is 0 Å². The fourth-order valence-electron chi connectivity index (χ4n) is 2.72. The van der Waals surface area contributed by atoms with Crippen molar-refractivity contribution >= 4 is 5.91 Å². The Morgan fingerprint density at radius 2 is 2.16 bits per heavy atom. The molecule has 0 aromatic heterocycles. The van der Waals surface area contributed by atoms with Crippen molar-refractivity contribution in [1.82, 2.24) is 4.90 Å². The van der Waals surface area contributed by atoms with Gasteiger partial charge in [-0.25, -0.2) is 4.39 Å². The smallest absolute Gasteiger partial charge is 0.223 e. The van der Waals surface area contributed by atoms with E-state index in [1.807, 2.05) is 17.0 Å². The van der Waals surface area contributed by atoms with Crippen LogP contribution < -0.4 is 0 Å². The van der Waals surface area contributed by atoms with Gasteiger partial charge in [-0.15, -0.1) is 6.58 Å². The van der Waals surface area contributed by atoms with Crippen LogP contribution in [0.3, 0.4) is 0 Å². The summed E-state index contributed by atoms with van der Waals surface area (Å²) in [7, 11) is 0. The normalized spacial score (nSPS) is 22.5. The van der Waals surface area contributed by atoms with Crippen LogP contribution >= 0.6 is 0 Å². The number of amides is 1. The molecule has 0 radical (unpaired) electrons. The topological polar surface area (TPSA) is 20.3 Å². The first-order valence-corrected chi connectivity index (χ1v) is 6.77. The lowest BCUT2D eigenvalue weighted by atomic mass is 9.97. The zero-order valence-electron chi connectivity index (χ0n) is 11.3. The highest BCUT2D eigenvalue weighted by molar-refractivity contribution is 5.77. The molecule has 1 aromatic carbocycles. The Bertz CT molecular complexity index is 454. The number of benzene rings is 1. The van der Waals surface area contributed by atoms with Gasteiger partial charge in [-0.05, 0) is 37.5 Å². The third-order valence-electron chi connectivity index (χ3n) is 3.80. The van der Waals surface area contributed by atoms with E-state index in [1.165, 1.54) is 12.1 Å². The number of hydrogen-bond donors (Lipinski definition) is 0. The minimum Gasteiger partial charge on any atom is -0.339 e. The number of carbonyl (C=O) groups excluding carboxylic acids is 1. The van der Waals surface area contributed by atoms with Crippen LogP contribution in [0.1, 0.15) is 37.7 Å². The van der Waals surface area contributed by atoms with Gasteiger partial charge in [-0.2, -0.15) is 0 Å². The van der Waals surface area contributed by atoms with Gasteiger partial charge < -0.3 is 4.90 Å². The zero-order chi connectivity index (χ0) is 13.8. The standard InChI is InChI=1S/C16H20FNO/c1-3-4-5-16(19)18-11-14(10-12(18)2)13-6-8-15(17)9-7-13/h3,6-9,12,14H,1,4-5,10-11H2,2H3/t12-,14-/m1/s1. The van der Waals surface area contributed by atoms with E-state index in [4.69, 9.17) is 0 Å². The summed E-state index contributed by atoms with van der Waals surface area (Å²) < 4.78 is 12.9. The van der Waals surface area contributed by atoms with Crippen LogP contribution in [0.15, 0.2) is 36.9 Å². The lowest BCUT2D eigenvalue weighted by Gasteiger charge is -2.21. The largest absolute Gasteiger partial charge is 0.339 e. The summed E-state index contributed by atoms with van der Waals surface area (Å²) in [6.45, 7) is 6.46. The highest BCUT2D eigenvalue weighted by Gasteiger charge is 2.32. The quantitative estimate of drug-likeness (QED) is 0.760. The van der Waals surface area contributed by atoms with E-state index < -0.39 is 0 Å². The molecule has 2 nitrogen and oxygen atoms in total. The number of hydrogen-bond acceptors (Lipinski definition) is 1. The molecule has 3 heteroatoms. The van der Waals surface area contributed by atoms with Gasteiger partial charge in [0.05, 0.1) is 0 Å². The van der Waals surface area contributed by atoms with Crippen molar-refractivity contribution in [3.05, 3.63) is 48.3 Å². The minimum atomic E-state index is -0.214. The predicted molar refractivity (Wildman–Crippen MR) is 74.4 cm³/mol. The van der Waals surface area contributed by atoms with E-state index in [0.29, 0.717) is 12.3 Å². The molecule has 19 heavy (non-hydrogen) atoms. The molecule has 1 fully saturated rings. The average molecular weight is 261 g/mol. The third-order valence-corrected chi connectivity index (χ3v) is 3.80. The summed E-state index contributed by atoms with van der Waals surface area (Å²) in [5.74, 6) is 0.300. The molecule has 0 aliphatic carbocycles. The molecule has 1 amide bonds. The lowest BCUT2D eigenvalue weighted by molar-refractivity contribution is -0.131. The number of halogens is 1. The fraction of sp³-hybridized carbons (Fsp3) is 0.438. The molecule has 1 aliphatic heterocycles. The first kappa shape index (κ1) is 13.8. The van der Waals surface area contributed by atoms with Crippen molar-refractivity contribution in [2.75, 3.05) is 6.54 Å². The van der Waals surface area contributed by atoms with Crippen LogP contribution in [0.4, 0.5) is 4.39 Å². The molecule has 0 saturated carbocycles. The first-order chi connectivity index (χ1) is 9.11. The predicted octanol–water partition coefficient (Wildman–Crippen LogP) is 3.50. The molecule has 0 spiro atoms. The van der Waals surface area contributed by atoms with Crippen molar-refractivity contribution in [1.29, 1.82) is 0 Å². The van der Waals surface area contributed by atoms with Crippen LogP contribution in [0.25, 0.3) is 0 Å². The molecule has 102 valence electrons. The minimum absolute atomic E-state index is 0.192. The second-order valence-corrected chi connectivity index (χ2v) is 5.21. The van der Waals surface area contributed by atoms with Crippen LogP contribution in [-0.2, 0) is 4.79 Å². The van der Waals surface area contributed by atoms with Gasteiger partial charge in [0.15, 0.2) is 0 Å². The molecule has 1 heterocycles. The number of allylic oxidation sites excluding steroid dienone is 1. The summed E-state index contributed by atoms with van der Waals surface area (Å²) in [6, 6.07) is 6.88. The summed E-state index contributed by atoms with van der Waals surface area (Å²) in [5, 5.41) is 0.